The zero-order valence-electron chi connectivity index (χ0n) is 32.7. The summed E-state index contributed by atoms with van der Waals surface area (Å²) in [6.07, 6.45) is 0. The Morgan fingerprint density at radius 2 is 0.522 bits per heavy atom. The Labute approximate surface area is 285 Å². The summed E-state index contributed by atoms with van der Waals surface area (Å²) in [6, 6.07) is 28.2. The molecule has 4 heteroatoms. The molecule has 0 aliphatic rings. The zero-order valence-corrected chi connectivity index (χ0v) is 33.6. The lowest BCUT2D eigenvalue weighted by Gasteiger charge is -2.48. The van der Waals surface area contributed by atoms with Gasteiger partial charge in [-0.1, -0.05) is 36.4 Å². The second-order valence-electron chi connectivity index (χ2n) is 18.9. The predicted octanol–water partition coefficient (Wildman–Crippen LogP) is 10.7. The van der Waals surface area contributed by atoms with Gasteiger partial charge in [0.1, 0.15) is 0 Å². The molecule has 3 rings (SSSR count). The molecular formula is C42H66N3P. The van der Waals surface area contributed by atoms with E-state index in [1.54, 1.807) is 0 Å². The van der Waals surface area contributed by atoms with Gasteiger partial charge in [0.2, 0.25) is 0 Å². The highest BCUT2D eigenvalue weighted by Crippen LogP contribution is 2.41. The molecule has 0 spiro atoms. The maximum atomic E-state index is 2.58. The van der Waals surface area contributed by atoms with Crippen LogP contribution < -0.4 is 30.6 Å². The summed E-state index contributed by atoms with van der Waals surface area (Å²) in [4.78, 5) is 7.73. The highest BCUT2D eigenvalue weighted by Gasteiger charge is 2.35. The van der Waals surface area contributed by atoms with Crippen LogP contribution in [0.2, 0.25) is 0 Å². The van der Waals surface area contributed by atoms with Gasteiger partial charge in [-0.15, -0.1) is 0 Å². The van der Waals surface area contributed by atoms with E-state index in [9.17, 15) is 0 Å². The third-order valence-corrected chi connectivity index (χ3v) is 10.4. The van der Waals surface area contributed by atoms with Crippen LogP contribution >= 0.6 is 7.92 Å². The zero-order chi connectivity index (χ0) is 35.3. The molecule has 0 radical (unpaired) electrons. The summed E-state index contributed by atoms with van der Waals surface area (Å²) in [5, 5.41) is 4.12. The molecule has 0 bridgehead atoms. The van der Waals surface area contributed by atoms with E-state index in [2.05, 4.69) is 212 Å². The molecule has 46 heavy (non-hydrogen) atoms. The monoisotopic (exact) mass is 643 g/mol. The summed E-state index contributed by atoms with van der Waals surface area (Å²) >= 11 is 0. The molecule has 0 N–H and O–H groups in total. The number of hydrogen-bond donors (Lipinski definition) is 0. The second kappa shape index (κ2) is 12.8. The lowest BCUT2D eigenvalue weighted by atomic mass is 9.95. The molecule has 0 amide bonds. The van der Waals surface area contributed by atoms with Crippen molar-refractivity contribution in [3.63, 3.8) is 0 Å². The van der Waals surface area contributed by atoms with Crippen LogP contribution in [-0.4, -0.2) is 33.2 Å². The molecular weight excluding hydrogens is 577 g/mol. The van der Waals surface area contributed by atoms with Crippen molar-refractivity contribution in [1.82, 2.24) is 0 Å². The first-order valence-corrected chi connectivity index (χ1v) is 18.5. The lowest BCUT2D eigenvalue weighted by Crippen LogP contribution is -2.53. The van der Waals surface area contributed by atoms with Gasteiger partial charge in [-0.25, -0.2) is 0 Å². The fourth-order valence-electron chi connectivity index (χ4n) is 8.10. The van der Waals surface area contributed by atoms with E-state index in [4.69, 9.17) is 0 Å². The van der Waals surface area contributed by atoms with Gasteiger partial charge in [0.15, 0.2) is 0 Å². The molecule has 3 aromatic carbocycles. The van der Waals surface area contributed by atoms with E-state index < -0.39 is 7.92 Å². The Kier molecular flexibility index (Phi) is 10.6. The molecule has 0 aliphatic carbocycles. The largest absolute Gasteiger partial charge is 0.362 e. The van der Waals surface area contributed by atoms with Gasteiger partial charge in [0.05, 0.1) is 0 Å². The Morgan fingerprint density at radius 1 is 0.326 bits per heavy atom. The highest BCUT2D eigenvalue weighted by atomic mass is 31.1. The van der Waals surface area contributed by atoms with Crippen LogP contribution in [0.5, 0.6) is 0 Å². The molecule has 0 unspecified atom stereocenters. The molecule has 254 valence electrons. The fourth-order valence-corrected chi connectivity index (χ4v) is 10.5. The van der Waals surface area contributed by atoms with E-state index in [1.807, 2.05) is 0 Å². The lowest BCUT2D eigenvalue weighted by molar-refractivity contribution is 0.380. The van der Waals surface area contributed by atoms with E-state index in [0.29, 0.717) is 0 Å². The molecule has 0 atom stereocenters. The standard InChI is InChI=1S/C42H66N3P/c1-37(2,3)43(38(4,5)6)31-22-19-25-34(28-31)46(35-26-20-23-32(29-35)44(39(7,8)9)40(10,11)12)36-27-21-24-33(30-36)45(41(13,14)15)42(16,17)18/h19-30H,1-18H3. The van der Waals surface area contributed by atoms with Crippen molar-refractivity contribution in [3.05, 3.63) is 72.8 Å². The van der Waals surface area contributed by atoms with E-state index in [-0.39, 0.29) is 33.2 Å². The molecule has 0 fully saturated rings. The van der Waals surface area contributed by atoms with Crippen molar-refractivity contribution in [3.8, 4) is 0 Å². The molecule has 3 aromatic rings. The first kappa shape index (κ1) is 37.9. The predicted molar refractivity (Wildman–Crippen MR) is 211 cm³/mol. The number of anilines is 3. The smallest absolute Gasteiger partial charge is 0.0381 e. The molecule has 0 aromatic heterocycles. The van der Waals surface area contributed by atoms with Gasteiger partial charge < -0.3 is 14.7 Å². The molecule has 0 aliphatic heterocycles. The second-order valence-corrected chi connectivity index (χ2v) is 21.1. The quantitative estimate of drug-likeness (QED) is 0.248. The molecule has 0 saturated heterocycles. The fraction of sp³-hybridized carbons (Fsp3) is 0.571. The first-order valence-electron chi connectivity index (χ1n) is 17.1. The van der Waals surface area contributed by atoms with E-state index in [0.717, 1.165) is 0 Å². The van der Waals surface area contributed by atoms with Gasteiger partial charge >= 0.3 is 0 Å². The molecule has 0 heterocycles. The first-order chi connectivity index (χ1) is 20.6. The number of benzene rings is 3. The van der Waals surface area contributed by atoms with Crippen LogP contribution in [0.4, 0.5) is 17.1 Å². The minimum Gasteiger partial charge on any atom is -0.362 e. The number of hydrogen-bond acceptors (Lipinski definition) is 3. The van der Waals surface area contributed by atoms with Gasteiger partial charge in [-0.2, -0.15) is 0 Å². The summed E-state index contributed by atoms with van der Waals surface area (Å²) < 4.78 is 0. The van der Waals surface area contributed by atoms with Crippen molar-refractivity contribution in [2.24, 2.45) is 0 Å². The van der Waals surface area contributed by atoms with Crippen LogP contribution in [0.25, 0.3) is 0 Å². The Bertz CT molecular complexity index is 1240. The van der Waals surface area contributed by atoms with Crippen LogP contribution in [0, 0.1) is 0 Å². The maximum absolute atomic E-state index is 2.58. The van der Waals surface area contributed by atoms with Crippen molar-refractivity contribution >= 4 is 40.9 Å². The Morgan fingerprint density at radius 3 is 0.696 bits per heavy atom. The average Bonchev–Trinajstić information content (AvgIpc) is 2.79. The minimum atomic E-state index is -0.864. The summed E-state index contributed by atoms with van der Waals surface area (Å²) in [5.74, 6) is 0. The highest BCUT2D eigenvalue weighted by molar-refractivity contribution is 7.79. The molecule has 0 saturated carbocycles. The summed E-state index contributed by atoms with van der Waals surface area (Å²) in [6.45, 7) is 41.8. The van der Waals surface area contributed by atoms with Crippen LogP contribution in [-0.2, 0) is 0 Å². The van der Waals surface area contributed by atoms with Crippen molar-refractivity contribution in [1.29, 1.82) is 0 Å². The van der Waals surface area contributed by atoms with Crippen LogP contribution in [0.1, 0.15) is 125 Å². The number of rotatable bonds is 6. The van der Waals surface area contributed by atoms with Crippen LogP contribution in [0.15, 0.2) is 72.8 Å². The normalized spacial score (nSPS) is 13.6. The van der Waals surface area contributed by atoms with Gasteiger partial charge in [-0.3, -0.25) is 0 Å². The van der Waals surface area contributed by atoms with Gasteiger partial charge in [0.25, 0.3) is 0 Å². The Balaban J connectivity index is 2.38. The topological polar surface area (TPSA) is 9.72 Å². The minimum absolute atomic E-state index is 0.0285. The van der Waals surface area contributed by atoms with Crippen molar-refractivity contribution in [2.75, 3.05) is 14.7 Å². The maximum Gasteiger partial charge on any atom is 0.0381 e. The van der Waals surface area contributed by atoms with Gasteiger partial charge in [-0.05, 0) is 185 Å². The molecule has 3 nitrogen and oxygen atoms in total. The van der Waals surface area contributed by atoms with Crippen LogP contribution in [0.3, 0.4) is 0 Å². The third kappa shape index (κ3) is 8.89. The van der Waals surface area contributed by atoms with Crippen molar-refractivity contribution in [2.45, 2.75) is 158 Å². The summed E-state index contributed by atoms with van der Waals surface area (Å²) in [7, 11) is -0.864. The number of nitrogens with zero attached hydrogens (tertiary/aromatic N) is 3. The van der Waals surface area contributed by atoms with E-state index >= 15 is 0 Å². The van der Waals surface area contributed by atoms with Gasteiger partial charge in [0, 0.05) is 50.3 Å². The third-order valence-electron chi connectivity index (χ3n) is 8.06. The average molecular weight is 644 g/mol. The SMILES string of the molecule is CC(C)(C)N(c1cccc(P(c2cccc(N(C(C)(C)C)C(C)(C)C)c2)c2cccc(N(C(C)(C)C)C(C)(C)C)c2)c1)C(C)(C)C. The van der Waals surface area contributed by atoms with E-state index in [1.165, 1.54) is 33.0 Å². The Hall–Kier alpha value is -2.51. The summed E-state index contributed by atoms with van der Waals surface area (Å²) in [5.41, 5.74) is 3.65. The van der Waals surface area contributed by atoms with Crippen molar-refractivity contribution < 1.29 is 0 Å².